The molecule has 1 aliphatic rings. The van der Waals surface area contributed by atoms with E-state index in [2.05, 4.69) is 5.32 Å². The standard InChI is InChI=1S/C14H19N3O3/c1-20-12-5-4-10(8-11(12)15)14(19)16-9-13(18)17-6-2-3-7-17/h4-5,8H,2-3,6-7,9,15H2,1H3,(H,16,19). The maximum Gasteiger partial charge on any atom is 0.251 e. The third-order valence-corrected chi connectivity index (χ3v) is 3.35. The molecule has 0 saturated carbocycles. The van der Waals surface area contributed by atoms with Crippen molar-refractivity contribution in [1.82, 2.24) is 10.2 Å². The predicted molar refractivity (Wildman–Crippen MR) is 75.6 cm³/mol. The highest BCUT2D eigenvalue weighted by atomic mass is 16.5. The molecule has 0 aliphatic carbocycles. The van der Waals surface area contributed by atoms with E-state index in [0.717, 1.165) is 25.9 Å². The second-order valence-electron chi connectivity index (χ2n) is 4.73. The van der Waals surface area contributed by atoms with Crippen LogP contribution >= 0.6 is 0 Å². The average Bonchev–Trinajstić information content (AvgIpc) is 2.98. The van der Waals surface area contributed by atoms with Gasteiger partial charge in [0.2, 0.25) is 5.91 Å². The number of methoxy groups -OCH3 is 1. The molecule has 0 unspecified atom stereocenters. The summed E-state index contributed by atoms with van der Waals surface area (Å²) in [6, 6.07) is 4.78. The van der Waals surface area contributed by atoms with Gasteiger partial charge in [-0.25, -0.2) is 0 Å². The van der Waals surface area contributed by atoms with E-state index >= 15 is 0 Å². The van der Waals surface area contributed by atoms with Crippen LogP contribution in [0.2, 0.25) is 0 Å². The summed E-state index contributed by atoms with van der Waals surface area (Å²) in [5.41, 5.74) is 6.55. The SMILES string of the molecule is COc1ccc(C(=O)NCC(=O)N2CCCC2)cc1N. The van der Waals surface area contributed by atoms with E-state index in [1.165, 1.54) is 13.2 Å². The van der Waals surface area contributed by atoms with Crippen molar-refractivity contribution in [2.45, 2.75) is 12.8 Å². The lowest BCUT2D eigenvalue weighted by Gasteiger charge is -2.15. The first kappa shape index (κ1) is 14.2. The molecule has 1 saturated heterocycles. The largest absolute Gasteiger partial charge is 0.495 e. The smallest absolute Gasteiger partial charge is 0.251 e. The fourth-order valence-corrected chi connectivity index (χ4v) is 2.21. The highest BCUT2D eigenvalue weighted by molar-refractivity contribution is 5.97. The number of ether oxygens (including phenoxy) is 1. The quantitative estimate of drug-likeness (QED) is 0.791. The molecule has 1 aromatic carbocycles. The first-order valence-electron chi connectivity index (χ1n) is 6.61. The van der Waals surface area contributed by atoms with Crippen LogP contribution in [0.1, 0.15) is 23.2 Å². The highest BCUT2D eigenvalue weighted by Crippen LogP contribution is 2.21. The molecule has 1 heterocycles. The zero-order valence-corrected chi connectivity index (χ0v) is 11.5. The molecule has 2 rings (SSSR count). The van der Waals surface area contributed by atoms with Crippen molar-refractivity contribution in [3.8, 4) is 5.75 Å². The molecule has 0 aromatic heterocycles. The maximum absolute atomic E-state index is 11.9. The van der Waals surface area contributed by atoms with Gasteiger partial charge in [0.25, 0.3) is 5.91 Å². The van der Waals surface area contributed by atoms with E-state index < -0.39 is 0 Å². The van der Waals surface area contributed by atoms with E-state index in [4.69, 9.17) is 10.5 Å². The summed E-state index contributed by atoms with van der Waals surface area (Å²) in [6.07, 6.45) is 2.07. The molecule has 1 aromatic rings. The van der Waals surface area contributed by atoms with E-state index in [1.807, 2.05) is 0 Å². The number of nitrogen functional groups attached to an aromatic ring is 1. The molecule has 1 aliphatic heterocycles. The van der Waals surface area contributed by atoms with Gasteiger partial charge in [0, 0.05) is 18.7 Å². The third kappa shape index (κ3) is 3.20. The lowest BCUT2D eigenvalue weighted by Crippen LogP contribution is -2.38. The Morgan fingerprint density at radius 3 is 2.65 bits per heavy atom. The zero-order valence-electron chi connectivity index (χ0n) is 11.5. The van der Waals surface area contributed by atoms with Gasteiger partial charge in [-0.3, -0.25) is 9.59 Å². The molecule has 3 N–H and O–H groups in total. The predicted octanol–water partition coefficient (Wildman–Crippen LogP) is 0.630. The fraction of sp³-hybridized carbons (Fsp3) is 0.429. The fourth-order valence-electron chi connectivity index (χ4n) is 2.21. The number of likely N-dealkylation sites (tertiary alicyclic amines) is 1. The number of benzene rings is 1. The van der Waals surface area contributed by atoms with Gasteiger partial charge in [0.15, 0.2) is 0 Å². The summed E-state index contributed by atoms with van der Waals surface area (Å²) in [5, 5.41) is 2.61. The number of nitrogens with one attached hydrogen (secondary N) is 1. The summed E-state index contributed by atoms with van der Waals surface area (Å²) < 4.78 is 5.03. The van der Waals surface area contributed by atoms with Crippen molar-refractivity contribution >= 4 is 17.5 Å². The monoisotopic (exact) mass is 277 g/mol. The van der Waals surface area contributed by atoms with Crippen LogP contribution < -0.4 is 15.8 Å². The van der Waals surface area contributed by atoms with Gasteiger partial charge in [-0.15, -0.1) is 0 Å². The number of carbonyl (C=O) groups is 2. The second-order valence-corrected chi connectivity index (χ2v) is 4.73. The van der Waals surface area contributed by atoms with Gasteiger partial charge in [-0.2, -0.15) is 0 Å². The van der Waals surface area contributed by atoms with Gasteiger partial charge in [-0.1, -0.05) is 0 Å². The third-order valence-electron chi connectivity index (χ3n) is 3.35. The van der Waals surface area contributed by atoms with Gasteiger partial charge >= 0.3 is 0 Å². The Bertz CT molecular complexity index is 510. The van der Waals surface area contributed by atoms with Crippen LogP contribution in [0, 0.1) is 0 Å². The number of carbonyl (C=O) groups excluding carboxylic acids is 2. The van der Waals surface area contributed by atoms with Crippen LogP contribution in [-0.2, 0) is 4.79 Å². The highest BCUT2D eigenvalue weighted by Gasteiger charge is 2.18. The van der Waals surface area contributed by atoms with E-state index in [9.17, 15) is 9.59 Å². The molecular formula is C14H19N3O3. The van der Waals surface area contributed by atoms with Crippen molar-refractivity contribution < 1.29 is 14.3 Å². The molecule has 6 heteroatoms. The Kier molecular flexibility index (Phi) is 4.45. The van der Waals surface area contributed by atoms with E-state index in [-0.39, 0.29) is 18.4 Å². The number of nitrogens with zero attached hydrogens (tertiary/aromatic N) is 1. The number of amides is 2. The molecule has 0 radical (unpaired) electrons. The minimum Gasteiger partial charge on any atom is -0.495 e. The Labute approximate surface area is 117 Å². The molecule has 2 amide bonds. The van der Waals surface area contributed by atoms with Crippen LogP contribution in [0.3, 0.4) is 0 Å². The minimum atomic E-state index is -0.313. The normalized spacial score (nSPS) is 14.2. The Morgan fingerprint density at radius 1 is 1.35 bits per heavy atom. The number of nitrogens with two attached hydrogens (primary N) is 1. The Balaban J connectivity index is 1.91. The lowest BCUT2D eigenvalue weighted by molar-refractivity contribution is -0.129. The summed E-state index contributed by atoms with van der Waals surface area (Å²) >= 11 is 0. The number of anilines is 1. The molecular weight excluding hydrogens is 258 g/mol. The van der Waals surface area contributed by atoms with Crippen LogP contribution in [0.5, 0.6) is 5.75 Å². The van der Waals surface area contributed by atoms with Gasteiger partial charge in [0.1, 0.15) is 5.75 Å². The summed E-state index contributed by atoms with van der Waals surface area (Å²) in [7, 11) is 1.51. The van der Waals surface area contributed by atoms with Gasteiger partial charge in [0.05, 0.1) is 19.3 Å². The van der Waals surface area contributed by atoms with E-state index in [1.54, 1.807) is 17.0 Å². The van der Waals surface area contributed by atoms with Crippen LogP contribution in [0.4, 0.5) is 5.69 Å². The molecule has 1 fully saturated rings. The van der Waals surface area contributed by atoms with Crippen molar-refractivity contribution in [3.05, 3.63) is 23.8 Å². The average molecular weight is 277 g/mol. The van der Waals surface area contributed by atoms with Gasteiger partial charge < -0.3 is 20.7 Å². The van der Waals surface area contributed by atoms with Crippen LogP contribution in [-0.4, -0.2) is 43.5 Å². The van der Waals surface area contributed by atoms with Crippen LogP contribution in [0.15, 0.2) is 18.2 Å². The molecule has 0 bridgehead atoms. The zero-order chi connectivity index (χ0) is 14.5. The summed E-state index contributed by atoms with van der Waals surface area (Å²) in [6.45, 7) is 1.58. The number of hydrogen-bond donors (Lipinski definition) is 2. The molecule has 0 atom stereocenters. The Morgan fingerprint density at radius 2 is 2.05 bits per heavy atom. The van der Waals surface area contributed by atoms with Crippen molar-refractivity contribution in [3.63, 3.8) is 0 Å². The first-order valence-corrected chi connectivity index (χ1v) is 6.61. The second kappa shape index (κ2) is 6.27. The molecule has 20 heavy (non-hydrogen) atoms. The molecule has 6 nitrogen and oxygen atoms in total. The topological polar surface area (TPSA) is 84.7 Å². The number of rotatable bonds is 4. The molecule has 0 spiro atoms. The Hall–Kier alpha value is -2.24. The lowest BCUT2D eigenvalue weighted by atomic mass is 10.1. The maximum atomic E-state index is 11.9. The van der Waals surface area contributed by atoms with Crippen molar-refractivity contribution in [2.75, 3.05) is 32.5 Å². The molecule has 108 valence electrons. The first-order chi connectivity index (χ1) is 9.61. The number of hydrogen-bond acceptors (Lipinski definition) is 4. The summed E-state index contributed by atoms with van der Waals surface area (Å²) in [4.78, 5) is 25.5. The minimum absolute atomic E-state index is 0.0186. The van der Waals surface area contributed by atoms with Crippen LogP contribution in [0.25, 0.3) is 0 Å². The van der Waals surface area contributed by atoms with Gasteiger partial charge in [-0.05, 0) is 31.0 Å². The van der Waals surface area contributed by atoms with E-state index in [0.29, 0.717) is 17.0 Å². The van der Waals surface area contributed by atoms with Crippen molar-refractivity contribution in [1.29, 1.82) is 0 Å². The van der Waals surface area contributed by atoms with Crippen molar-refractivity contribution in [2.24, 2.45) is 0 Å². The summed E-state index contributed by atoms with van der Waals surface area (Å²) in [5.74, 6) is 0.166.